The van der Waals surface area contributed by atoms with Gasteiger partial charge < -0.3 is 10.4 Å². The molecular formula is C16H26N4O3. The zero-order valence-electron chi connectivity index (χ0n) is 13.9. The first kappa shape index (κ1) is 17.5. The topological polar surface area (TPSA) is 88.6 Å². The van der Waals surface area contributed by atoms with Crippen molar-refractivity contribution in [2.24, 2.45) is 19.1 Å². The number of hydrogen-bond donors (Lipinski definition) is 2. The van der Waals surface area contributed by atoms with Gasteiger partial charge in [0.25, 0.3) is 5.56 Å². The summed E-state index contributed by atoms with van der Waals surface area (Å²) in [7, 11) is 2.80. The van der Waals surface area contributed by atoms with E-state index in [0.717, 1.165) is 22.1 Å². The van der Waals surface area contributed by atoms with Gasteiger partial charge in [0.15, 0.2) is 0 Å². The van der Waals surface area contributed by atoms with Crippen LogP contribution in [0.25, 0.3) is 0 Å². The van der Waals surface area contributed by atoms with Crippen molar-refractivity contribution in [3.63, 3.8) is 0 Å². The predicted molar refractivity (Wildman–Crippen MR) is 90.5 cm³/mol. The molecular weight excluding hydrogens is 296 g/mol. The minimum absolute atomic E-state index is 0.0508. The van der Waals surface area contributed by atoms with Gasteiger partial charge >= 0.3 is 5.69 Å². The van der Waals surface area contributed by atoms with E-state index in [-0.39, 0.29) is 11.4 Å². The lowest BCUT2D eigenvalue weighted by Crippen LogP contribution is -2.38. The largest absolute Gasteiger partial charge is 0.494 e. The van der Waals surface area contributed by atoms with Crippen molar-refractivity contribution in [2.75, 3.05) is 13.1 Å². The van der Waals surface area contributed by atoms with Gasteiger partial charge in [-0.3, -0.25) is 18.9 Å². The summed E-state index contributed by atoms with van der Waals surface area (Å²) in [5, 5.41) is 13.4. The highest BCUT2D eigenvalue weighted by atomic mass is 16.3. The van der Waals surface area contributed by atoms with Crippen LogP contribution in [0, 0.1) is 0 Å². The quantitative estimate of drug-likeness (QED) is 0.590. The molecule has 1 aliphatic rings. The number of hydrogen-bond acceptors (Lipinski definition) is 5. The third kappa shape index (κ3) is 4.31. The summed E-state index contributed by atoms with van der Waals surface area (Å²) in [6.45, 7) is 1.48. The smallest absolute Gasteiger partial charge is 0.333 e. The van der Waals surface area contributed by atoms with E-state index in [0.29, 0.717) is 12.6 Å². The van der Waals surface area contributed by atoms with Crippen LogP contribution in [0.15, 0.2) is 14.6 Å². The van der Waals surface area contributed by atoms with Crippen molar-refractivity contribution in [1.29, 1.82) is 0 Å². The maximum atomic E-state index is 12.0. The molecule has 2 rings (SSSR count). The Kier molecular flexibility index (Phi) is 6.15. The van der Waals surface area contributed by atoms with Gasteiger partial charge in [0.05, 0.1) is 0 Å². The Balaban J connectivity index is 1.86. The molecule has 1 heterocycles. The standard InChI is InChI=1S/C16H26N4O3/c1-19-14(21)13(15(22)20(2)16(19)23)11-17-9-6-10-18-12-7-4-3-5-8-12/h11-12,18,21H,3-10H2,1-2H3. The molecule has 1 saturated carbocycles. The monoisotopic (exact) mass is 322 g/mol. The van der Waals surface area contributed by atoms with Gasteiger partial charge in [-0.25, -0.2) is 4.79 Å². The summed E-state index contributed by atoms with van der Waals surface area (Å²) in [6.07, 6.45) is 8.71. The molecule has 0 bridgehead atoms. The van der Waals surface area contributed by atoms with Crippen LogP contribution in [0.5, 0.6) is 5.88 Å². The zero-order chi connectivity index (χ0) is 16.8. The van der Waals surface area contributed by atoms with Gasteiger partial charge in [0.2, 0.25) is 5.88 Å². The second-order valence-electron chi connectivity index (χ2n) is 6.12. The zero-order valence-corrected chi connectivity index (χ0v) is 13.9. The first-order valence-electron chi connectivity index (χ1n) is 8.24. The summed E-state index contributed by atoms with van der Waals surface area (Å²) < 4.78 is 2.00. The molecule has 0 spiro atoms. The molecule has 1 aliphatic carbocycles. The molecule has 0 atom stereocenters. The molecule has 23 heavy (non-hydrogen) atoms. The molecule has 1 fully saturated rings. The minimum Gasteiger partial charge on any atom is -0.494 e. The van der Waals surface area contributed by atoms with Crippen molar-refractivity contribution in [3.8, 4) is 5.88 Å². The van der Waals surface area contributed by atoms with E-state index in [9.17, 15) is 14.7 Å². The fourth-order valence-corrected chi connectivity index (χ4v) is 2.91. The summed E-state index contributed by atoms with van der Waals surface area (Å²) in [5.74, 6) is -0.345. The summed E-state index contributed by atoms with van der Waals surface area (Å²) >= 11 is 0. The van der Waals surface area contributed by atoms with Crippen molar-refractivity contribution >= 4 is 6.21 Å². The van der Waals surface area contributed by atoms with Crippen molar-refractivity contribution in [3.05, 3.63) is 26.4 Å². The predicted octanol–water partition coefficient (Wildman–Crippen LogP) is 0.521. The Bertz CT molecular complexity index is 669. The van der Waals surface area contributed by atoms with Crippen LogP contribution in [-0.4, -0.2) is 39.6 Å². The Morgan fingerprint density at radius 2 is 1.91 bits per heavy atom. The van der Waals surface area contributed by atoms with Crippen LogP contribution in [0.1, 0.15) is 44.1 Å². The van der Waals surface area contributed by atoms with Crippen LogP contribution < -0.4 is 16.6 Å². The lowest BCUT2D eigenvalue weighted by atomic mass is 9.95. The third-order valence-corrected chi connectivity index (χ3v) is 4.39. The number of nitrogens with zero attached hydrogens (tertiary/aromatic N) is 3. The number of aromatic hydroxyl groups is 1. The summed E-state index contributed by atoms with van der Waals surface area (Å²) in [6, 6.07) is 0.632. The molecule has 7 nitrogen and oxygen atoms in total. The first-order valence-corrected chi connectivity index (χ1v) is 8.24. The van der Waals surface area contributed by atoms with E-state index in [4.69, 9.17) is 0 Å². The Morgan fingerprint density at radius 1 is 1.22 bits per heavy atom. The second-order valence-corrected chi connectivity index (χ2v) is 6.12. The minimum atomic E-state index is -0.554. The molecule has 128 valence electrons. The number of rotatable bonds is 6. The Hall–Kier alpha value is -1.89. The number of aliphatic imine (C=N–C) groups is 1. The molecule has 7 heteroatoms. The van der Waals surface area contributed by atoms with Gasteiger partial charge in [-0.15, -0.1) is 0 Å². The average Bonchev–Trinajstić information content (AvgIpc) is 2.58. The van der Waals surface area contributed by atoms with E-state index >= 15 is 0 Å². The van der Waals surface area contributed by atoms with Crippen LogP contribution in [0.4, 0.5) is 0 Å². The lowest BCUT2D eigenvalue weighted by Gasteiger charge is -2.22. The maximum Gasteiger partial charge on any atom is 0.333 e. The van der Waals surface area contributed by atoms with Crippen molar-refractivity contribution < 1.29 is 5.11 Å². The Morgan fingerprint density at radius 3 is 2.61 bits per heavy atom. The molecule has 0 saturated heterocycles. The van der Waals surface area contributed by atoms with E-state index in [1.165, 1.54) is 52.4 Å². The highest BCUT2D eigenvalue weighted by Crippen LogP contribution is 2.17. The van der Waals surface area contributed by atoms with Gasteiger partial charge in [0, 0.05) is 32.9 Å². The van der Waals surface area contributed by atoms with Gasteiger partial charge in [-0.2, -0.15) is 0 Å². The van der Waals surface area contributed by atoms with Crippen LogP contribution in [0.2, 0.25) is 0 Å². The molecule has 1 aromatic heterocycles. The van der Waals surface area contributed by atoms with E-state index in [1.807, 2.05) is 0 Å². The van der Waals surface area contributed by atoms with Crippen LogP contribution in [0.3, 0.4) is 0 Å². The van der Waals surface area contributed by atoms with Crippen molar-refractivity contribution in [2.45, 2.75) is 44.6 Å². The molecule has 0 amide bonds. The van der Waals surface area contributed by atoms with Crippen molar-refractivity contribution in [1.82, 2.24) is 14.5 Å². The van der Waals surface area contributed by atoms with E-state index in [2.05, 4.69) is 10.3 Å². The highest BCUT2D eigenvalue weighted by Gasteiger charge is 2.13. The first-order chi connectivity index (χ1) is 11.0. The summed E-state index contributed by atoms with van der Waals surface area (Å²) in [4.78, 5) is 27.8. The summed E-state index contributed by atoms with van der Waals surface area (Å²) in [5.41, 5.74) is -1.04. The fourth-order valence-electron chi connectivity index (χ4n) is 2.91. The third-order valence-electron chi connectivity index (χ3n) is 4.39. The fraction of sp³-hybridized carbons (Fsp3) is 0.688. The highest BCUT2D eigenvalue weighted by molar-refractivity contribution is 5.81. The van der Waals surface area contributed by atoms with Gasteiger partial charge in [0.1, 0.15) is 5.56 Å². The molecule has 0 unspecified atom stereocenters. The second kappa shape index (κ2) is 8.10. The lowest BCUT2D eigenvalue weighted by molar-refractivity contribution is 0.373. The molecule has 0 aromatic carbocycles. The SMILES string of the molecule is Cn1c(O)c(C=NCCCNC2CCCCC2)c(=O)n(C)c1=O. The van der Waals surface area contributed by atoms with Crippen LogP contribution >= 0.6 is 0 Å². The van der Waals surface area contributed by atoms with Crippen LogP contribution in [-0.2, 0) is 14.1 Å². The van der Waals surface area contributed by atoms with Gasteiger partial charge in [-0.1, -0.05) is 19.3 Å². The maximum absolute atomic E-state index is 12.0. The molecule has 0 radical (unpaired) electrons. The average molecular weight is 322 g/mol. The molecule has 2 N–H and O–H groups in total. The van der Waals surface area contributed by atoms with E-state index < -0.39 is 11.2 Å². The Labute approximate surface area is 135 Å². The van der Waals surface area contributed by atoms with Gasteiger partial charge in [-0.05, 0) is 25.8 Å². The molecule has 1 aromatic rings. The number of aromatic nitrogens is 2. The number of nitrogens with one attached hydrogen (secondary N) is 1. The molecule has 0 aliphatic heterocycles. The van der Waals surface area contributed by atoms with E-state index in [1.54, 1.807) is 0 Å². The normalized spacial score (nSPS) is 16.3.